The second kappa shape index (κ2) is 4.96. The zero-order valence-electron chi connectivity index (χ0n) is 10.5. The van der Waals surface area contributed by atoms with Crippen molar-refractivity contribution < 1.29 is 4.79 Å². The largest absolute Gasteiger partial charge is 0.334 e. The Bertz CT molecular complexity index is 458. The van der Waals surface area contributed by atoms with Gasteiger partial charge in [0.2, 0.25) is 0 Å². The van der Waals surface area contributed by atoms with Gasteiger partial charge < -0.3 is 5.32 Å². The average Bonchev–Trinajstić information content (AvgIpc) is 2.28. The Labute approximate surface area is 102 Å². The molecule has 0 saturated heterocycles. The normalized spacial score (nSPS) is 11.1. The summed E-state index contributed by atoms with van der Waals surface area (Å²) in [7, 11) is 0. The maximum atomic E-state index is 12.0. The van der Waals surface area contributed by atoms with Gasteiger partial charge >= 0.3 is 0 Å². The summed E-state index contributed by atoms with van der Waals surface area (Å²) in [5.74, 6) is -0.0676. The van der Waals surface area contributed by atoms with Crippen molar-refractivity contribution in [3.8, 4) is 6.07 Å². The molecular formula is C13H16N3O. The van der Waals surface area contributed by atoms with E-state index in [4.69, 9.17) is 5.26 Å². The number of hydrogen-bond acceptors (Lipinski definition) is 3. The lowest BCUT2D eigenvalue weighted by Crippen LogP contribution is -2.42. The van der Waals surface area contributed by atoms with Crippen LogP contribution in [0.3, 0.4) is 0 Å². The van der Waals surface area contributed by atoms with E-state index in [1.165, 1.54) is 6.20 Å². The van der Waals surface area contributed by atoms with E-state index in [0.717, 1.165) is 5.56 Å². The fraction of sp³-hybridized carbons (Fsp3) is 0.462. The molecule has 0 aliphatic heterocycles. The number of aromatic nitrogens is 1. The topological polar surface area (TPSA) is 65.8 Å². The number of pyridine rings is 1. The molecule has 0 aliphatic rings. The minimum atomic E-state index is -0.884. The summed E-state index contributed by atoms with van der Waals surface area (Å²) in [6.07, 6.45) is 4.20. The number of nitrogens with one attached hydrogen (secondary N) is 1. The third kappa shape index (κ3) is 3.28. The van der Waals surface area contributed by atoms with Gasteiger partial charge in [0.05, 0.1) is 17.8 Å². The molecule has 1 aromatic rings. The van der Waals surface area contributed by atoms with Gasteiger partial charge in [-0.3, -0.25) is 9.78 Å². The Balaban J connectivity index is 3.02. The highest BCUT2D eigenvalue weighted by Crippen LogP contribution is 2.18. The molecule has 4 heteroatoms. The number of carbonyl (C=O) groups is 1. The lowest BCUT2D eigenvalue weighted by molar-refractivity contribution is 0.0927. The van der Waals surface area contributed by atoms with E-state index in [-0.39, 0.29) is 11.8 Å². The summed E-state index contributed by atoms with van der Waals surface area (Å²) in [6, 6.07) is 3.74. The molecule has 0 aliphatic carbocycles. The first-order valence-corrected chi connectivity index (χ1v) is 5.47. The molecule has 1 aromatic heterocycles. The number of rotatable bonds is 3. The number of carbonyl (C=O) groups excluding carboxylic acids is 1. The fourth-order valence-corrected chi connectivity index (χ4v) is 1.41. The Morgan fingerprint density at radius 1 is 1.59 bits per heavy atom. The van der Waals surface area contributed by atoms with Crippen LogP contribution in [0.4, 0.5) is 0 Å². The van der Waals surface area contributed by atoms with Crippen molar-refractivity contribution >= 4 is 5.91 Å². The predicted octanol–water partition coefficient (Wildman–Crippen LogP) is 2.04. The van der Waals surface area contributed by atoms with Crippen molar-refractivity contribution in [2.24, 2.45) is 0 Å². The molecule has 89 valence electrons. The van der Waals surface area contributed by atoms with Gasteiger partial charge in [-0.05, 0) is 31.4 Å². The van der Waals surface area contributed by atoms with Gasteiger partial charge in [0.1, 0.15) is 5.54 Å². The van der Waals surface area contributed by atoms with Crippen LogP contribution in [0.15, 0.2) is 12.3 Å². The van der Waals surface area contributed by atoms with Crippen LogP contribution in [0.25, 0.3) is 0 Å². The Hall–Kier alpha value is -1.89. The molecule has 0 atom stereocenters. The quantitative estimate of drug-likeness (QED) is 0.864. The summed E-state index contributed by atoms with van der Waals surface area (Å²) >= 11 is 0. The average molecular weight is 230 g/mol. The molecule has 1 amide bonds. The highest BCUT2D eigenvalue weighted by molar-refractivity contribution is 5.96. The van der Waals surface area contributed by atoms with Crippen molar-refractivity contribution in [3.05, 3.63) is 29.6 Å². The predicted molar refractivity (Wildman–Crippen MR) is 64.3 cm³/mol. The highest BCUT2D eigenvalue weighted by atomic mass is 16.1. The van der Waals surface area contributed by atoms with Gasteiger partial charge in [-0.1, -0.05) is 13.8 Å². The highest BCUT2D eigenvalue weighted by Gasteiger charge is 2.22. The number of amides is 1. The maximum Gasteiger partial charge on any atom is 0.254 e. The maximum absolute atomic E-state index is 12.0. The van der Waals surface area contributed by atoms with Crippen LogP contribution < -0.4 is 5.32 Å². The molecule has 0 fully saturated rings. The van der Waals surface area contributed by atoms with E-state index in [1.807, 2.05) is 19.9 Å². The molecular weight excluding hydrogens is 214 g/mol. The molecule has 4 nitrogen and oxygen atoms in total. The fourth-order valence-electron chi connectivity index (χ4n) is 1.41. The van der Waals surface area contributed by atoms with E-state index in [9.17, 15) is 4.79 Å². The zero-order valence-corrected chi connectivity index (χ0v) is 10.5. The van der Waals surface area contributed by atoms with Gasteiger partial charge in [0, 0.05) is 6.20 Å². The van der Waals surface area contributed by atoms with E-state index >= 15 is 0 Å². The molecule has 0 saturated carbocycles. The van der Waals surface area contributed by atoms with Gasteiger partial charge in [0.15, 0.2) is 0 Å². The van der Waals surface area contributed by atoms with Crippen molar-refractivity contribution in [1.29, 1.82) is 5.26 Å². The SMILES string of the molecule is CC(C)c1c[c]ncc1C(=O)NC(C)(C)C#N. The standard InChI is InChI=1S/C13H16N3O/c1-9(2)10-5-6-15-7-11(10)12(17)16-13(3,4)8-14/h5,7,9H,1-4H3,(H,16,17). The summed E-state index contributed by atoms with van der Waals surface area (Å²) < 4.78 is 0. The first-order chi connectivity index (χ1) is 7.87. The lowest BCUT2D eigenvalue weighted by Gasteiger charge is -2.19. The van der Waals surface area contributed by atoms with E-state index in [2.05, 4.69) is 16.5 Å². The third-order valence-corrected chi connectivity index (χ3v) is 2.37. The molecule has 17 heavy (non-hydrogen) atoms. The number of nitrogens with zero attached hydrogens (tertiary/aromatic N) is 2. The van der Waals surface area contributed by atoms with Crippen LogP contribution in [0.5, 0.6) is 0 Å². The molecule has 0 aromatic carbocycles. The van der Waals surface area contributed by atoms with Gasteiger partial charge in [-0.25, -0.2) is 0 Å². The Morgan fingerprint density at radius 2 is 2.24 bits per heavy atom. The summed E-state index contributed by atoms with van der Waals surface area (Å²) in [5.41, 5.74) is 0.499. The molecule has 1 rings (SSSR count). The van der Waals surface area contributed by atoms with Crippen molar-refractivity contribution in [3.63, 3.8) is 0 Å². The molecule has 1 heterocycles. The van der Waals surface area contributed by atoms with Crippen molar-refractivity contribution in [2.45, 2.75) is 39.2 Å². The second-order valence-electron chi connectivity index (χ2n) is 4.75. The Kier molecular flexibility index (Phi) is 3.84. The van der Waals surface area contributed by atoms with E-state index in [1.54, 1.807) is 19.9 Å². The monoisotopic (exact) mass is 230 g/mol. The van der Waals surface area contributed by atoms with E-state index < -0.39 is 5.54 Å². The summed E-state index contributed by atoms with van der Waals surface area (Å²) in [4.78, 5) is 15.9. The minimum absolute atomic E-state index is 0.209. The van der Waals surface area contributed by atoms with Gasteiger partial charge in [-0.15, -0.1) is 0 Å². The van der Waals surface area contributed by atoms with Gasteiger partial charge in [0.25, 0.3) is 5.91 Å². The number of nitriles is 1. The second-order valence-corrected chi connectivity index (χ2v) is 4.75. The van der Waals surface area contributed by atoms with Crippen LogP contribution >= 0.6 is 0 Å². The van der Waals surface area contributed by atoms with Crippen LogP contribution in [-0.2, 0) is 0 Å². The van der Waals surface area contributed by atoms with Crippen LogP contribution in [-0.4, -0.2) is 16.4 Å². The van der Waals surface area contributed by atoms with Crippen LogP contribution in [0.2, 0.25) is 0 Å². The molecule has 0 bridgehead atoms. The summed E-state index contributed by atoms with van der Waals surface area (Å²) in [6.45, 7) is 7.30. The van der Waals surface area contributed by atoms with Gasteiger partial charge in [-0.2, -0.15) is 5.26 Å². The number of hydrogen-bond donors (Lipinski definition) is 1. The summed E-state index contributed by atoms with van der Waals surface area (Å²) in [5, 5.41) is 11.5. The molecule has 1 radical (unpaired) electrons. The van der Waals surface area contributed by atoms with Crippen LogP contribution in [0, 0.1) is 17.5 Å². The van der Waals surface area contributed by atoms with Crippen LogP contribution in [0.1, 0.15) is 49.5 Å². The van der Waals surface area contributed by atoms with Crippen molar-refractivity contribution in [2.75, 3.05) is 0 Å². The molecule has 0 unspecified atom stereocenters. The smallest absolute Gasteiger partial charge is 0.254 e. The Morgan fingerprint density at radius 3 is 2.76 bits per heavy atom. The first-order valence-electron chi connectivity index (χ1n) is 5.47. The third-order valence-electron chi connectivity index (χ3n) is 2.37. The lowest BCUT2D eigenvalue weighted by atomic mass is 9.98. The zero-order chi connectivity index (χ0) is 13.1. The van der Waals surface area contributed by atoms with E-state index in [0.29, 0.717) is 5.56 Å². The minimum Gasteiger partial charge on any atom is -0.334 e. The first kappa shape index (κ1) is 13.2. The van der Waals surface area contributed by atoms with Crippen molar-refractivity contribution in [1.82, 2.24) is 10.3 Å². The molecule has 0 spiro atoms. The molecule has 1 N–H and O–H groups in total.